The van der Waals surface area contributed by atoms with Crippen molar-refractivity contribution < 1.29 is 4.21 Å². The fourth-order valence-corrected chi connectivity index (χ4v) is 4.03. The first kappa shape index (κ1) is 16.2. The van der Waals surface area contributed by atoms with Crippen molar-refractivity contribution in [1.82, 2.24) is 4.90 Å². The Kier molecular flexibility index (Phi) is 5.78. The van der Waals surface area contributed by atoms with Crippen LogP contribution in [0.2, 0.25) is 0 Å². The van der Waals surface area contributed by atoms with Gasteiger partial charge in [-0.25, -0.2) is 0 Å². The molecule has 0 saturated carbocycles. The third-order valence-electron chi connectivity index (χ3n) is 4.25. The molecular formula is C20H23NOS. The molecule has 120 valence electrons. The minimum Gasteiger partial charge on any atom is -0.299 e. The second kappa shape index (κ2) is 8.23. The van der Waals surface area contributed by atoms with Gasteiger partial charge in [0.05, 0.1) is 10.8 Å². The van der Waals surface area contributed by atoms with Gasteiger partial charge in [-0.2, -0.15) is 0 Å². The molecule has 0 radical (unpaired) electrons. The molecule has 0 spiro atoms. The van der Waals surface area contributed by atoms with Crippen LogP contribution in [0.4, 0.5) is 0 Å². The first-order chi connectivity index (χ1) is 11.3. The van der Waals surface area contributed by atoms with Crippen LogP contribution in [0, 0.1) is 0 Å². The number of hydrogen-bond acceptors (Lipinski definition) is 2. The lowest BCUT2D eigenvalue weighted by molar-refractivity contribution is 0.303. The lowest BCUT2D eigenvalue weighted by Gasteiger charge is -2.26. The maximum Gasteiger partial charge on any atom is 0.0529 e. The fraction of sp³-hybridized carbons (Fsp3) is 0.300. The van der Waals surface area contributed by atoms with Gasteiger partial charge < -0.3 is 0 Å². The average Bonchev–Trinajstić information content (AvgIpc) is 2.64. The van der Waals surface area contributed by atoms with Gasteiger partial charge >= 0.3 is 0 Å². The lowest BCUT2D eigenvalue weighted by atomic mass is 9.99. The highest BCUT2D eigenvalue weighted by molar-refractivity contribution is 7.85. The Labute approximate surface area is 141 Å². The van der Waals surface area contributed by atoms with E-state index >= 15 is 0 Å². The van der Waals surface area contributed by atoms with Gasteiger partial charge in [-0.05, 0) is 42.7 Å². The molecule has 2 aromatic rings. The number of nitrogens with zero attached hydrogens (tertiary/aromatic N) is 1. The van der Waals surface area contributed by atoms with E-state index in [9.17, 15) is 4.21 Å². The summed E-state index contributed by atoms with van der Waals surface area (Å²) in [5, 5.41) is 0. The van der Waals surface area contributed by atoms with Gasteiger partial charge in [0.2, 0.25) is 0 Å². The standard InChI is InChI=1S/C20H23NOS/c22-23(20-10-5-2-6-11-20)17-7-14-21-15-12-19(13-16-21)18-8-3-1-4-9-18/h1-6,8-12H,7,13-17H2. The highest BCUT2D eigenvalue weighted by Crippen LogP contribution is 2.22. The van der Waals surface area contributed by atoms with Crippen molar-refractivity contribution in [3.63, 3.8) is 0 Å². The Bertz CT molecular complexity index is 667. The minimum absolute atomic E-state index is 0.746. The van der Waals surface area contributed by atoms with Crippen LogP contribution in [0.25, 0.3) is 5.57 Å². The highest BCUT2D eigenvalue weighted by atomic mass is 32.2. The molecule has 23 heavy (non-hydrogen) atoms. The van der Waals surface area contributed by atoms with Gasteiger partial charge in [0.15, 0.2) is 0 Å². The molecule has 0 aromatic heterocycles. The molecule has 1 atom stereocenters. The maximum absolute atomic E-state index is 12.2. The van der Waals surface area contributed by atoms with Crippen molar-refractivity contribution in [2.24, 2.45) is 0 Å². The number of rotatable bonds is 6. The van der Waals surface area contributed by atoms with Gasteiger partial charge in [0.1, 0.15) is 0 Å². The van der Waals surface area contributed by atoms with Crippen LogP contribution in [-0.4, -0.2) is 34.5 Å². The maximum atomic E-state index is 12.2. The Morgan fingerprint density at radius 2 is 1.65 bits per heavy atom. The molecule has 1 aliphatic rings. The predicted octanol–water partition coefficient (Wildman–Crippen LogP) is 3.97. The molecule has 0 N–H and O–H groups in total. The van der Waals surface area contributed by atoms with E-state index in [-0.39, 0.29) is 0 Å². The SMILES string of the molecule is O=S(CCCN1CC=C(c2ccccc2)CC1)c1ccccc1. The van der Waals surface area contributed by atoms with E-state index in [1.807, 2.05) is 30.3 Å². The Balaban J connectivity index is 1.44. The molecule has 2 aromatic carbocycles. The summed E-state index contributed by atoms with van der Waals surface area (Å²) in [5.74, 6) is 0.746. The van der Waals surface area contributed by atoms with Crippen LogP contribution >= 0.6 is 0 Å². The molecule has 0 aliphatic carbocycles. The molecule has 2 nitrogen and oxygen atoms in total. The second-order valence-corrected chi connectivity index (χ2v) is 7.43. The summed E-state index contributed by atoms with van der Waals surface area (Å²) >= 11 is 0. The van der Waals surface area contributed by atoms with Crippen LogP contribution in [0.3, 0.4) is 0 Å². The monoisotopic (exact) mass is 325 g/mol. The third-order valence-corrected chi connectivity index (χ3v) is 5.71. The van der Waals surface area contributed by atoms with Gasteiger partial charge in [-0.3, -0.25) is 9.11 Å². The summed E-state index contributed by atoms with van der Waals surface area (Å²) < 4.78 is 12.2. The number of benzene rings is 2. The van der Waals surface area contributed by atoms with Crippen LogP contribution in [0.5, 0.6) is 0 Å². The lowest BCUT2D eigenvalue weighted by Crippen LogP contribution is -2.30. The van der Waals surface area contributed by atoms with Crippen LogP contribution in [0.1, 0.15) is 18.4 Å². The van der Waals surface area contributed by atoms with E-state index < -0.39 is 10.8 Å². The van der Waals surface area contributed by atoms with Crippen molar-refractivity contribution in [3.05, 3.63) is 72.3 Å². The summed E-state index contributed by atoms with van der Waals surface area (Å²) in [6, 6.07) is 20.4. The molecule has 3 rings (SSSR count). The largest absolute Gasteiger partial charge is 0.299 e. The molecule has 0 saturated heterocycles. The molecule has 0 amide bonds. The van der Waals surface area contributed by atoms with Crippen molar-refractivity contribution in [1.29, 1.82) is 0 Å². The number of hydrogen-bond donors (Lipinski definition) is 0. The average molecular weight is 325 g/mol. The van der Waals surface area contributed by atoms with E-state index in [4.69, 9.17) is 0 Å². The Morgan fingerprint density at radius 3 is 2.30 bits per heavy atom. The van der Waals surface area contributed by atoms with Crippen molar-refractivity contribution in [2.75, 3.05) is 25.4 Å². The minimum atomic E-state index is -0.867. The third kappa shape index (κ3) is 4.63. The quantitative estimate of drug-likeness (QED) is 0.801. The highest BCUT2D eigenvalue weighted by Gasteiger charge is 2.13. The van der Waals surface area contributed by atoms with Gasteiger partial charge in [0.25, 0.3) is 0 Å². The normalized spacial score (nSPS) is 16.8. The van der Waals surface area contributed by atoms with E-state index in [2.05, 4.69) is 41.3 Å². The Morgan fingerprint density at radius 1 is 0.957 bits per heavy atom. The molecule has 0 fully saturated rings. The molecule has 1 heterocycles. The van der Waals surface area contributed by atoms with E-state index in [0.717, 1.165) is 43.1 Å². The van der Waals surface area contributed by atoms with E-state index in [0.29, 0.717) is 0 Å². The van der Waals surface area contributed by atoms with E-state index in [1.54, 1.807) is 0 Å². The summed E-state index contributed by atoms with van der Waals surface area (Å²) in [7, 11) is -0.867. The second-order valence-electron chi connectivity index (χ2n) is 5.86. The first-order valence-corrected chi connectivity index (χ1v) is 9.55. The molecule has 3 heteroatoms. The molecule has 1 aliphatic heterocycles. The topological polar surface area (TPSA) is 20.3 Å². The van der Waals surface area contributed by atoms with Crippen LogP contribution in [-0.2, 0) is 10.8 Å². The van der Waals surface area contributed by atoms with Gasteiger partial charge in [-0.15, -0.1) is 0 Å². The zero-order valence-electron chi connectivity index (χ0n) is 13.4. The summed E-state index contributed by atoms with van der Waals surface area (Å²) in [4.78, 5) is 3.40. The zero-order valence-corrected chi connectivity index (χ0v) is 14.2. The Hall–Kier alpha value is -1.71. The zero-order chi connectivity index (χ0) is 15.9. The van der Waals surface area contributed by atoms with E-state index in [1.165, 1.54) is 11.1 Å². The van der Waals surface area contributed by atoms with Crippen molar-refractivity contribution in [2.45, 2.75) is 17.7 Å². The summed E-state index contributed by atoms with van der Waals surface area (Å²) in [5.41, 5.74) is 2.80. The van der Waals surface area contributed by atoms with Crippen molar-refractivity contribution in [3.8, 4) is 0 Å². The molecule has 0 bridgehead atoms. The molecular weight excluding hydrogens is 302 g/mol. The van der Waals surface area contributed by atoms with Gasteiger partial charge in [0, 0.05) is 23.7 Å². The molecule has 1 unspecified atom stereocenters. The summed E-state index contributed by atoms with van der Waals surface area (Å²) in [6.07, 6.45) is 4.43. The summed E-state index contributed by atoms with van der Waals surface area (Å²) in [6.45, 7) is 3.12. The first-order valence-electron chi connectivity index (χ1n) is 8.23. The fourth-order valence-electron chi connectivity index (χ4n) is 2.94. The predicted molar refractivity (Wildman–Crippen MR) is 97.8 cm³/mol. The van der Waals surface area contributed by atoms with Crippen LogP contribution in [0.15, 0.2) is 71.6 Å². The van der Waals surface area contributed by atoms with Gasteiger partial charge in [-0.1, -0.05) is 54.6 Å². The van der Waals surface area contributed by atoms with Crippen molar-refractivity contribution >= 4 is 16.4 Å². The smallest absolute Gasteiger partial charge is 0.0529 e. The van der Waals surface area contributed by atoms with Crippen LogP contribution < -0.4 is 0 Å².